The lowest BCUT2D eigenvalue weighted by Gasteiger charge is -2.20. The Morgan fingerprint density at radius 1 is 1.06 bits per heavy atom. The van der Waals surface area contributed by atoms with Crippen molar-refractivity contribution in [3.05, 3.63) is 0 Å². The molecule has 0 saturated carbocycles. The second-order valence-electron chi connectivity index (χ2n) is 3.69. The van der Waals surface area contributed by atoms with Crippen LogP contribution in [0.2, 0.25) is 0 Å². The van der Waals surface area contributed by atoms with Crippen molar-refractivity contribution in [3.63, 3.8) is 0 Å². The van der Waals surface area contributed by atoms with E-state index in [1.165, 1.54) is 4.90 Å². The summed E-state index contributed by atoms with van der Waals surface area (Å²) in [5.41, 5.74) is 0. The Bertz CT molecular complexity index is 220. The standard InChI is InChI=1S/C12H20NO3/c1-3-7-11(15)13(9-5-6-10-14)12(16)8-4-2/h3-9H2,1-2H3. The predicted molar refractivity (Wildman–Crippen MR) is 61.5 cm³/mol. The van der Waals surface area contributed by atoms with Gasteiger partial charge in [0.25, 0.3) is 0 Å². The maximum atomic E-state index is 11.7. The number of hydrogen-bond acceptors (Lipinski definition) is 3. The lowest BCUT2D eigenvalue weighted by atomic mass is 10.2. The highest BCUT2D eigenvalue weighted by Crippen LogP contribution is 2.05. The maximum Gasteiger partial charge on any atom is 0.229 e. The molecule has 0 aliphatic rings. The van der Waals surface area contributed by atoms with Crippen molar-refractivity contribution < 1.29 is 14.4 Å². The minimum absolute atomic E-state index is 0.133. The van der Waals surface area contributed by atoms with Crippen LogP contribution in [0.15, 0.2) is 0 Å². The first-order valence-corrected chi connectivity index (χ1v) is 5.85. The van der Waals surface area contributed by atoms with Crippen molar-refractivity contribution in [3.8, 4) is 0 Å². The number of nitrogens with zero attached hydrogens (tertiary/aromatic N) is 1. The highest BCUT2D eigenvalue weighted by atomic mass is 16.2. The third kappa shape index (κ3) is 5.63. The van der Waals surface area contributed by atoms with Gasteiger partial charge in [-0.1, -0.05) is 13.8 Å². The first kappa shape index (κ1) is 14.8. The van der Waals surface area contributed by atoms with Gasteiger partial charge in [-0.05, 0) is 19.3 Å². The molecule has 0 rings (SSSR count). The number of amides is 2. The number of rotatable bonds is 8. The molecular formula is C12H20NO3. The molecule has 0 aromatic carbocycles. The number of unbranched alkanes of at least 4 members (excludes halogenated alkanes) is 1. The molecule has 2 amide bonds. The normalized spacial score (nSPS) is 9.88. The van der Waals surface area contributed by atoms with Crippen molar-refractivity contribution >= 4 is 18.1 Å². The Morgan fingerprint density at radius 3 is 1.94 bits per heavy atom. The summed E-state index contributed by atoms with van der Waals surface area (Å²) < 4.78 is 0. The van der Waals surface area contributed by atoms with Crippen LogP contribution < -0.4 is 0 Å². The quantitative estimate of drug-likeness (QED) is 0.593. The highest BCUT2D eigenvalue weighted by molar-refractivity contribution is 5.95. The molecule has 0 fully saturated rings. The Kier molecular flexibility index (Phi) is 8.39. The van der Waals surface area contributed by atoms with Crippen molar-refractivity contribution in [1.29, 1.82) is 0 Å². The maximum absolute atomic E-state index is 11.7. The van der Waals surface area contributed by atoms with Gasteiger partial charge >= 0.3 is 0 Å². The lowest BCUT2D eigenvalue weighted by molar-refractivity contribution is -0.145. The van der Waals surface area contributed by atoms with Gasteiger partial charge in [-0.2, -0.15) is 0 Å². The molecule has 4 nitrogen and oxygen atoms in total. The van der Waals surface area contributed by atoms with Crippen LogP contribution in [0.1, 0.15) is 52.4 Å². The van der Waals surface area contributed by atoms with E-state index in [0.29, 0.717) is 25.8 Å². The van der Waals surface area contributed by atoms with Crippen molar-refractivity contribution in [2.24, 2.45) is 0 Å². The van der Waals surface area contributed by atoms with Crippen LogP contribution >= 0.6 is 0 Å². The third-order valence-corrected chi connectivity index (χ3v) is 2.19. The SMILES string of the molecule is CCCC(=O)N(CCC[C]=O)C(=O)CCC. The number of hydrogen-bond donors (Lipinski definition) is 0. The van der Waals surface area contributed by atoms with E-state index in [4.69, 9.17) is 0 Å². The van der Waals surface area contributed by atoms with Gasteiger partial charge < -0.3 is 0 Å². The Morgan fingerprint density at radius 2 is 1.56 bits per heavy atom. The molecule has 0 aliphatic heterocycles. The summed E-state index contributed by atoms with van der Waals surface area (Å²) in [5.74, 6) is -0.265. The molecule has 0 heterocycles. The van der Waals surface area contributed by atoms with E-state index in [-0.39, 0.29) is 18.2 Å². The molecule has 0 aliphatic carbocycles. The van der Waals surface area contributed by atoms with Crippen LogP contribution in [0.3, 0.4) is 0 Å². The fourth-order valence-electron chi connectivity index (χ4n) is 1.40. The molecule has 0 N–H and O–H groups in total. The van der Waals surface area contributed by atoms with Gasteiger partial charge in [0.2, 0.25) is 11.8 Å². The number of imide groups is 1. The van der Waals surface area contributed by atoms with E-state index < -0.39 is 0 Å². The summed E-state index contributed by atoms with van der Waals surface area (Å²) in [4.78, 5) is 34.7. The van der Waals surface area contributed by atoms with Crippen LogP contribution in [0.5, 0.6) is 0 Å². The Hall–Kier alpha value is -1.19. The van der Waals surface area contributed by atoms with E-state index in [1.54, 1.807) is 6.29 Å². The second-order valence-corrected chi connectivity index (χ2v) is 3.69. The largest absolute Gasteiger partial charge is 0.291 e. The molecular weight excluding hydrogens is 206 g/mol. The fraction of sp³-hybridized carbons (Fsp3) is 0.750. The molecule has 0 atom stereocenters. The molecule has 0 saturated heterocycles. The van der Waals surface area contributed by atoms with E-state index in [1.807, 2.05) is 13.8 Å². The molecule has 4 heteroatoms. The van der Waals surface area contributed by atoms with Crippen LogP contribution in [0.4, 0.5) is 0 Å². The van der Waals surface area contributed by atoms with Crippen LogP contribution in [0.25, 0.3) is 0 Å². The molecule has 0 bridgehead atoms. The zero-order valence-electron chi connectivity index (χ0n) is 10.1. The molecule has 0 aromatic rings. The first-order chi connectivity index (χ1) is 7.67. The molecule has 1 radical (unpaired) electrons. The second kappa shape index (κ2) is 9.07. The summed E-state index contributed by atoms with van der Waals surface area (Å²) in [6, 6.07) is 0. The van der Waals surface area contributed by atoms with Crippen LogP contribution in [0, 0.1) is 0 Å². The summed E-state index contributed by atoms with van der Waals surface area (Å²) in [6.07, 6.45) is 4.79. The van der Waals surface area contributed by atoms with Gasteiger partial charge in [0.1, 0.15) is 0 Å². The van der Waals surface area contributed by atoms with Crippen LogP contribution in [-0.4, -0.2) is 29.5 Å². The lowest BCUT2D eigenvalue weighted by Crippen LogP contribution is -2.37. The van der Waals surface area contributed by atoms with Crippen LogP contribution in [-0.2, 0) is 14.4 Å². The topological polar surface area (TPSA) is 54.5 Å². The third-order valence-electron chi connectivity index (χ3n) is 2.19. The summed E-state index contributed by atoms with van der Waals surface area (Å²) in [6.45, 7) is 4.14. The van der Waals surface area contributed by atoms with Gasteiger partial charge in [-0.25, -0.2) is 0 Å². The number of carbonyl (C=O) groups excluding carboxylic acids is 3. The fourth-order valence-corrected chi connectivity index (χ4v) is 1.40. The minimum Gasteiger partial charge on any atom is -0.291 e. The minimum atomic E-state index is -0.133. The van der Waals surface area contributed by atoms with Gasteiger partial charge in [0, 0.05) is 25.8 Å². The predicted octanol–water partition coefficient (Wildman–Crippen LogP) is 1.83. The van der Waals surface area contributed by atoms with Gasteiger partial charge in [0.15, 0.2) is 6.29 Å². The molecule has 0 spiro atoms. The Balaban J connectivity index is 4.30. The van der Waals surface area contributed by atoms with Gasteiger partial charge in [0.05, 0.1) is 0 Å². The van der Waals surface area contributed by atoms with Crippen molar-refractivity contribution in [2.45, 2.75) is 52.4 Å². The molecule has 0 unspecified atom stereocenters. The van der Waals surface area contributed by atoms with E-state index in [9.17, 15) is 14.4 Å². The summed E-state index contributed by atoms with van der Waals surface area (Å²) >= 11 is 0. The Labute approximate surface area is 97.0 Å². The molecule has 16 heavy (non-hydrogen) atoms. The average molecular weight is 226 g/mol. The highest BCUT2D eigenvalue weighted by Gasteiger charge is 2.18. The summed E-state index contributed by atoms with van der Waals surface area (Å²) in [5, 5.41) is 0. The molecule has 0 aromatic heterocycles. The smallest absolute Gasteiger partial charge is 0.229 e. The first-order valence-electron chi connectivity index (χ1n) is 5.85. The average Bonchev–Trinajstić information content (AvgIpc) is 2.25. The van der Waals surface area contributed by atoms with Crippen molar-refractivity contribution in [2.75, 3.05) is 6.54 Å². The number of carbonyl (C=O) groups is 2. The van der Waals surface area contributed by atoms with Gasteiger partial charge in [-0.3, -0.25) is 19.3 Å². The van der Waals surface area contributed by atoms with E-state index in [2.05, 4.69) is 0 Å². The van der Waals surface area contributed by atoms with E-state index >= 15 is 0 Å². The molecule has 91 valence electrons. The van der Waals surface area contributed by atoms with Crippen molar-refractivity contribution in [1.82, 2.24) is 4.90 Å². The zero-order valence-corrected chi connectivity index (χ0v) is 10.1. The van der Waals surface area contributed by atoms with E-state index in [0.717, 1.165) is 12.8 Å². The van der Waals surface area contributed by atoms with Gasteiger partial charge in [-0.15, -0.1) is 0 Å². The summed E-state index contributed by atoms with van der Waals surface area (Å²) in [7, 11) is 0. The zero-order chi connectivity index (χ0) is 12.4. The monoisotopic (exact) mass is 226 g/mol.